The lowest BCUT2D eigenvalue weighted by Gasteiger charge is -2.05. The highest BCUT2D eigenvalue weighted by atomic mass is 16.5. The first-order valence-corrected chi connectivity index (χ1v) is 4.55. The molecular formula is C11H14O3. The van der Waals surface area contributed by atoms with Gasteiger partial charge in [-0.05, 0) is 32.0 Å². The Kier molecular flexibility index (Phi) is 3.65. The molecule has 0 heterocycles. The summed E-state index contributed by atoms with van der Waals surface area (Å²) in [5.74, 6) is 0.159. The molecule has 0 aromatic heterocycles. The van der Waals surface area contributed by atoms with E-state index < -0.39 is 0 Å². The molecule has 1 rings (SSSR count). The molecule has 0 saturated carbocycles. The SMILES string of the molecule is CCOCc1cc(C(C)=O)ccc1O. The fourth-order valence-electron chi connectivity index (χ4n) is 1.13. The van der Waals surface area contributed by atoms with Crippen LogP contribution in [0.25, 0.3) is 0 Å². The van der Waals surface area contributed by atoms with Gasteiger partial charge in [0, 0.05) is 17.7 Å². The minimum atomic E-state index is -0.0113. The zero-order chi connectivity index (χ0) is 10.6. The van der Waals surface area contributed by atoms with Crippen LogP contribution in [0, 0.1) is 0 Å². The van der Waals surface area contributed by atoms with E-state index in [0.29, 0.717) is 24.3 Å². The summed E-state index contributed by atoms with van der Waals surface area (Å²) < 4.78 is 5.16. The smallest absolute Gasteiger partial charge is 0.159 e. The Hall–Kier alpha value is -1.35. The molecule has 0 aliphatic rings. The molecule has 0 amide bonds. The number of ether oxygens (including phenoxy) is 1. The normalized spacial score (nSPS) is 10.1. The summed E-state index contributed by atoms with van der Waals surface area (Å²) in [7, 11) is 0. The third-order valence-corrected chi connectivity index (χ3v) is 1.95. The first-order chi connectivity index (χ1) is 6.65. The van der Waals surface area contributed by atoms with Crippen LogP contribution in [0.5, 0.6) is 5.75 Å². The maximum Gasteiger partial charge on any atom is 0.159 e. The standard InChI is InChI=1S/C11H14O3/c1-3-14-7-10-6-9(8(2)12)4-5-11(10)13/h4-6,13H,3,7H2,1-2H3. The van der Waals surface area contributed by atoms with Crippen molar-refractivity contribution >= 4 is 5.78 Å². The summed E-state index contributed by atoms with van der Waals surface area (Å²) in [6.07, 6.45) is 0. The third kappa shape index (κ3) is 2.57. The van der Waals surface area contributed by atoms with Gasteiger partial charge in [-0.2, -0.15) is 0 Å². The number of phenols is 1. The van der Waals surface area contributed by atoms with Crippen molar-refractivity contribution in [2.24, 2.45) is 0 Å². The molecule has 0 saturated heterocycles. The minimum absolute atomic E-state index is 0.0113. The zero-order valence-electron chi connectivity index (χ0n) is 8.41. The van der Waals surface area contributed by atoms with Crippen molar-refractivity contribution in [1.29, 1.82) is 0 Å². The highest BCUT2D eigenvalue weighted by molar-refractivity contribution is 5.94. The second kappa shape index (κ2) is 4.77. The number of carbonyl (C=O) groups excluding carboxylic acids is 1. The summed E-state index contributed by atoms with van der Waals surface area (Å²) in [5.41, 5.74) is 1.25. The Bertz CT molecular complexity index is 331. The number of carbonyl (C=O) groups is 1. The molecule has 14 heavy (non-hydrogen) atoms. The molecule has 0 radical (unpaired) electrons. The molecule has 3 heteroatoms. The van der Waals surface area contributed by atoms with Crippen molar-refractivity contribution in [3.8, 4) is 5.75 Å². The highest BCUT2D eigenvalue weighted by Gasteiger charge is 2.05. The Labute approximate surface area is 83.3 Å². The molecule has 3 nitrogen and oxygen atoms in total. The van der Waals surface area contributed by atoms with E-state index in [1.54, 1.807) is 12.1 Å². The van der Waals surface area contributed by atoms with Crippen molar-refractivity contribution in [2.75, 3.05) is 6.61 Å². The van der Waals surface area contributed by atoms with Crippen LogP contribution in [0.15, 0.2) is 18.2 Å². The van der Waals surface area contributed by atoms with Gasteiger partial charge in [0.25, 0.3) is 0 Å². The first-order valence-electron chi connectivity index (χ1n) is 4.55. The summed E-state index contributed by atoms with van der Waals surface area (Å²) in [5, 5.41) is 9.45. The van der Waals surface area contributed by atoms with Gasteiger partial charge in [-0.25, -0.2) is 0 Å². The molecule has 0 unspecified atom stereocenters. The molecule has 0 bridgehead atoms. The van der Waals surface area contributed by atoms with Gasteiger partial charge in [0.05, 0.1) is 6.61 Å². The molecule has 1 N–H and O–H groups in total. The van der Waals surface area contributed by atoms with Crippen LogP contribution in [0.4, 0.5) is 0 Å². The maximum absolute atomic E-state index is 11.1. The number of rotatable bonds is 4. The number of Topliss-reactive ketones (excluding diaryl/α,β-unsaturated/α-hetero) is 1. The summed E-state index contributed by atoms with van der Waals surface area (Å²) in [6.45, 7) is 4.30. The van der Waals surface area contributed by atoms with E-state index in [2.05, 4.69) is 0 Å². The quantitative estimate of drug-likeness (QED) is 0.747. The largest absolute Gasteiger partial charge is 0.508 e. The average Bonchev–Trinajstić information content (AvgIpc) is 2.16. The zero-order valence-corrected chi connectivity index (χ0v) is 8.41. The summed E-state index contributed by atoms with van der Waals surface area (Å²) >= 11 is 0. The molecule has 76 valence electrons. The van der Waals surface area contributed by atoms with Crippen molar-refractivity contribution in [3.05, 3.63) is 29.3 Å². The molecule has 0 spiro atoms. The topological polar surface area (TPSA) is 46.5 Å². The van der Waals surface area contributed by atoms with Crippen LogP contribution in [0.2, 0.25) is 0 Å². The van der Waals surface area contributed by atoms with Gasteiger partial charge in [-0.1, -0.05) is 0 Å². The van der Waals surface area contributed by atoms with Crippen molar-refractivity contribution in [2.45, 2.75) is 20.5 Å². The van der Waals surface area contributed by atoms with Gasteiger partial charge in [0.15, 0.2) is 5.78 Å². The fourth-order valence-corrected chi connectivity index (χ4v) is 1.13. The molecule has 0 fully saturated rings. The van der Waals surface area contributed by atoms with Gasteiger partial charge in [-0.3, -0.25) is 4.79 Å². The van der Waals surface area contributed by atoms with Crippen LogP contribution in [-0.4, -0.2) is 17.5 Å². The second-order valence-electron chi connectivity index (χ2n) is 3.04. The van der Waals surface area contributed by atoms with Crippen molar-refractivity contribution in [3.63, 3.8) is 0 Å². The van der Waals surface area contributed by atoms with Gasteiger partial charge < -0.3 is 9.84 Å². The Morgan fingerprint density at radius 3 is 2.79 bits per heavy atom. The average molecular weight is 194 g/mol. The molecule has 0 atom stereocenters. The lowest BCUT2D eigenvalue weighted by Crippen LogP contribution is -1.97. The maximum atomic E-state index is 11.1. The Morgan fingerprint density at radius 1 is 1.50 bits per heavy atom. The van der Waals surface area contributed by atoms with Gasteiger partial charge in [0.1, 0.15) is 5.75 Å². The Balaban J connectivity index is 2.90. The molecule has 0 aliphatic carbocycles. The van der Waals surface area contributed by atoms with Crippen LogP contribution >= 0.6 is 0 Å². The number of hydrogen-bond acceptors (Lipinski definition) is 3. The van der Waals surface area contributed by atoms with Crippen LogP contribution in [-0.2, 0) is 11.3 Å². The lowest BCUT2D eigenvalue weighted by atomic mass is 10.1. The summed E-state index contributed by atoms with van der Waals surface area (Å²) in [6, 6.07) is 4.78. The van der Waals surface area contributed by atoms with Crippen molar-refractivity contribution in [1.82, 2.24) is 0 Å². The third-order valence-electron chi connectivity index (χ3n) is 1.95. The van der Waals surface area contributed by atoms with Gasteiger partial charge in [0.2, 0.25) is 0 Å². The molecule has 1 aromatic rings. The number of hydrogen-bond donors (Lipinski definition) is 1. The number of benzene rings is 1. The van der Waals surface area contributed by atoms with E-state index in [9.17, 15) is 9.90 Å². The molecular weight excluding hydrogens is 180 g/mol. The van der Waals surface area contributed by atoms with Crippen LogP contribution < -0.4 is 0 Å². The molecule has 1 aromatic carbocycles. The van der Waals surface area contributed by atoms with E-state index in [0.717, 1.165) is 0 Å². The predicted octanol–water partition coefficient (Wildman–Crippen LogP) is 2.13. The van der Waals surface area contributed by atoms with Gasteiger partial charge in [-0.15, -0.1) is 0 Å². The second-order valence-corrected chi connectivity index (χ2v) is 3.04. The number of ketones is 1. The van der Waals surface area contributed by atoms with Crippen LogP contribution in [0.3, 0.4) is 0 Å². The predicted molar refractivity (Wildman–Crippen MR) is 53.4 cm³/mol. The number of phenolic OH excluding ortho intramolecular Hbond substituents is 1. The minimum Gasteiger partial charge on any atom is -0.508 e. The first kappa shape index (κ1) is 10.7. The van der Waals surface area contributed by atoms with Crippen molar-refractivity contribution < 1.29 is 14.6 Å². The lowest BCUT2D eigenvalue weighted by molar-refractivity contribution is 0.101. The van der Waals surface area contributed by atoms with E-state index in [1.807, 2.05) is 6.92 Å². The van der Waals surface area contributed by atoms with Crippen LogP contribution in [0.1, 0.15) is 29.8 Å². The van der Waals surface area contributed by atoms with E-state index >= 15 is 0 Å². The van der Waals surface area contributed by atoms with Gasteiger partial charge >= 0.3 is 0 Å². The highest BCUT2D eigenvalue weighted by Crippen LogP contribution is 2.19. The van der Waals surface area contributed by atoms with E-state index in [1.165, 1.54) is 13.0 Å². The van der Waals surface area contributed by atoms with E-state index in [4.69, 9.17) is 4.74 Å². The monoisotopic (exact) mass is 194 g/mol. The Morgan fingerprint density at radius 2 is 2.21 bits per heavy atom. The summed E-state index contributed by atoms with van der Waals surface area (Å²) in [4.78, 5) is 11.1. The van der Waals surface area contributed by atoms with E-state index in [-0.39, 0.29) is 11.5 Å². The number of aromatic hydroxyl groups is 1. The fraction of sp³-hybridized carbons (Fsp3) is 0.364. The molecule has 0 aliphatic heterocycles.